The summed E-state index contributed by atoms with van der Waals surface area (Å²) in [6.07, 6.45) is 2.95. The Bertz CT molecular complexity index is 500. The minimum atomic E-state index is -0.430. The molecule has 0 aromatic heterocycles. The third-order valence-electron chi connectivity index (χ3n) is 3.44. The maximum absolute atomic E-state index is 12.3. The van der Waals surface area contributed by atoms with E-state index in [1.807, 2.05) is 43.3 Å². The molecule has 2 amide bonds. The van der Waals surface area contributed by atoms with Crippen LogP contribution >= 0.6 is 0 Å². The molecule has 5 heteroatoms. The van der Waals surface area contributed by atoms with E-state index in [0.717, 1.165) is 24.2 Å². The summed E-state index contributed by atoms with van der Waals surface area (Å²) in [4.78, 5) is 25.8. The largest absolute Gasteiger partial charge is 0.376 e. The first-order valence-corrected chi connectivity index (χ1v) is 6.94. The zero-order valence-electron chi connectivity index (χ0n) is 12.0. The molecular formula is C15H21N3O2. The Morgan fingerprint density at radius 2 is 2.05 bits per heavy atom. The third-order valence-corrected chi connectivity index (χ3v) is 3.44. The number of carbonyl (C=O) groups excluding carboxylic acids is 2. The van der Waals surface area contributed by atoms with Crippen molar-refractivity contribution >= 4 is 23.2 Å². The monoisotopic (exact) mass is 275 g/mol. The van der Waals surface area contributed by atoms with Gasteiger partial charge in [-0.3, -0.25) is 9.59 Å². The van der Waals surface area contributed by atoms with E-state index in [1.54, 1.807) is 0 Å². The Labute approximate surface area is 119 Å². The molecule has 1 aliphatic rings. The molecule has 1 saturated heterocycles. The van der Waals surface area contributed by atoms with Gasteiger partial charge in [-0.05, 0) is 25.0 Å². The maximum Gasteiger partial charge on any atom is 0.247 e. The van der Waals surface area contributed by atoms with Gasteiger partial charge >= 0.3 is 0 Å². The van der Waals surface area contributed by atoms with Crippen molar-refractivity contribution in [3.05, 3.63) is 24.3 Å². The van der Waals surface area contributed by atoms with Crippen LogP contribution in [0.1, 0.15) is 25.7 Å². The Balaban J connectivity index is 2.09. The van der Waals surface area contributed by atoms with E-state index < -0.39 is 6.04 Å². The van der Waals surface area contributed by atoms with Gasteiger partial charge < -0.3 is 15.5 Å². The highest BCUT2D eigenvalue weighted by atomic mass is 16.2. The van der Waals surface area contributed by atoms with Gasteiger partial charge in [0.1, 0.15) is 6.04 Å². The molecule has 5 nitrogen and oxygen atoms in total. The van der Waals surface area contributed by atoms with Crippen molar-refractivity contribution in [1.82, 2.24) is 5.32 Å². The van der Waals surface area contributed by atoms with Crippen LogP contribution in [0.25, 0.3) is 0 Å². The number of nitrogens with zero attached hydrogens (tertiary/aromatic N) is 1. The molecule has 1 aromatic rings. The van der Waals surface area contributed by atoms with E-state index in [0.29, 0.717) is 12.8 Å². The molecule has 0 bridgehead atoms. The van der Waals surface area contributed by atoms with Gasteiger partial charge in [0, 0.05) is 20.5 Å². The van der Waals surface area contributed by atoms with Crippen LogP contribution in [0, 0.1) is 0 Å². The maximum atomic E-state index is 12.3. The summed E-state index contributed by atoms with van der Waals surface area (Å²) >= 11 is 0. The van der Waals surface area contributed by atoms with Crippen molar-refractivity contribution in [3.8, 4) is 0 Å². The Morgan fingerprint density at radius 1 is 1.30 bits per heavy atom. The van der Waals surface area contributed by atoms with Crippen molar-refractivity contribution in [1.29, 1.82) is 0 Å². The molecule has 1 atom stereocenters. The number of amides is 2. The van der Waals surface area contributed by atoms with Gasteiger partial charge in [0.15, 0.2) is 0 Å². The fourth-order valence-corrected chi connectivity index (χ4v) is 2.36. The van der Waals surface area contributed by atoms with Crippen molar-refractivity contribution in [2.75, 3.05) is 24.3 Å². The smallest absolute Gasteiger partial charge is 0.247 e. The van der Waals surface area contributed by atoms with E-state index >= 15 is 0 Å². The molecule has 0 spiro atoms. The predicted molar refractivity (Wildman–Crippen MR) is 79.8 cm³/mol. The number of hydrogen-bond donors (Lipinski definition) is 2. The number of nitrogens with one attached hydrogen (secondary N) is 2. The second kappa shape index (κ2) is 6.41. The SMILES string of the molecule is CN(C)c1ccccc1NC(=O)[C@@H]1CCCCC(=O)N1. The van der Waals surface area contributed by atoms with Crippen LogP contribution in [0.5, 0.6) is 0 Å². The topological polar surface area (TPSA) is 61.4 Å². The van der Waals surface area contributed by atoms with Crippen LogP contribution in [-0.4, -0.2) is 32.0 Å². The Kier molecular flexibility index (Phi) is 4.61. The second-order valence-corrected chi connectivity index (χ2v) is 5.27. The molecule has 0 aliphatic carbocycles. The lowest BCUT2D eigenvalue weighted by Gasteiger charge is -2.20. The minimum Gasteiger partial charge on any atom is -0.376 e. The van der Waals surface area contributed by atoms with Gasteiger partial charge in [-0.15, -0.1) is 0 Å². The van der Waals surface area contributed by atoms with Gasteiger partial charge in [0.05, 0.1) is 11.4 Å². The van der Waals surface area contributed by atoms with Crippen molar-refractivity contribution in [2.45, 2.75) is 31.7 Å². The van der Waals surface area contributed by atoms with Crippen LogP contribution in [0.15, 0.2) is 24.3 Å². The molecule has 1 heterocycles. The second-order valence-electron chi connectivity index (χ2n) is 5.27. The molecule has 1 fully saturated rings. The highest BCUT2D eigenvalue weighted by Gasteiger charge is 2.23. The van der Waals surface area contributed by atoms with Crippen LogP contribution in [0.3, 0.4) is 0 Å². The number of rotatable bonds is 3. The average molecular weight is 275 g/mol. The molecule has 0 unspecified atom stereocenters. The molecule has 0 saturated carbocycles. The Morgan fingerprint density at radius 3 is 2.80 bits per heavy atom. The molecule has 2 N–H and O–H groups in total. The van der Waals surface area contributed by atoms with Gasteiger partial charge in [0.25, 0.3) is 0 Å². The lowest BCUT2D eigenvalue weighted by atomic mass is 10.1. The van der Waals surface area contributed by atoms with E-state index in [2.05, 4.69) is 10.6 Å². The lowest BCUT2D eigenvalue weighted by Crippen LogP contribution is -2.42. The molecular weight excluding hydrogens is 254 g/mol. The number of carbonyl (C=O) groups is 2. The summed E-state index contributed by atoms with van der Waals surface area (Å²) in [7, 11) is 3.86. The summed E-state index contributed by atoms with van der Waals surface area (Å²) < 4.78 is 0. The summed E-state index contributed by atoms with van der Waals surface area (Å²) in [5.74, 6) is -0.182. The highest BCUT2D eigenvalue weighted by Crippen LogP contribution is 2.24. The average Bonchev–Trinajstić information content (AvgIpc) is 2.64. The zero-order valence-corrected chi connectivity index (χ0v) is 12.0. The number of hydrogen-bond acceptors (Lipinski definition) is 3. The van der Waals surface area contributed by atoms with E-state index in [-0.39, 0.29) is 11.8 Å². The van der Waals surface area contributed by atoms with Gasteiger partial charge in [-0.2, -0.15) is 0 Å². The number of para-hydroxylation sites is 2. The summed E-state index contributed by atoms with van der Waals surface area (Å²) in [6.45, 7) is 0. The molecule has 2 rings (SSSR count). The fourth-order valence-electron chi connectivity index (χ4n) is 2.36. The van der Waals surface area contributed by atoms with Gasteiger partial charge in [0.2, 0.25) is 11.8 Å². The number of anilines is 2. The molecule has 20 heavy (non-hydrogen) atoms. The molecule has 0 radical (unpaired) electrons. The van der Waals surface area contributed by atoms with Crippen molar-refractivity contribution < 1.29 is 9.59 Å². The van der Waals surface area contributed by atoms with Crippen LogP contribution in [0.4, 0.5) is 11.4 Å². The molecule has 1 aromatic carbocycles. The summed E-state index contributed by atoms with van der Waals surface area (Å²) in [5.41, 5.74) is 1.71. The molecule has 1 aliphatic heterocycles. The summed E-state index contributed by atoms with van der Waals surface area (Å²) in [5, 5.41) is 5.70. The van der Waals surface area contributed by atoms with E-state index in [9.17, 15) is 9.59 Å². The first kappa shape index (κ1) is 14.4. The molecule has 108 valence electrons. The normalized spacial score (nSPS) is 18.9. The van der Waals surface area contributed by atoms with Crippen LogP contribution < -0.4 is 15.5 Å². The summed E-state index contributed by atoms with van der Waals surface area (Å²) in [6, 6.07) is 7.19. The van der Waals surface area contributed by atoms with Gasteiger partial charge in [-0.1, -0.05) is 18.6 Å². The van der Waals surface area contributed by atoms with Crippen LogP contribution in [0.2, 0.25) is 0 Å². The minimum absolute atomic E-state index is 0.0384. The first-order valence-electron chi connectivity index (χ1n) is 6.94. The van der Waals surface area contributed by atoms with Gasteiger partial charge in [-0.25, -0.2) is 0 Å². The number of benzene rings is 1. The van der Waals surface area contributed by atoms with E-state index in [4.69, 9.17) is 0 Å². The standard InChI is InChI=1S/C15H21N3O2/c1-18(2)13-9-5-3-7-11(13)17-15(20)12-8-4-6-10-14(19)16-12/h3,5,7,9,12H,4,6,8,10H2,1-2H3,(H,16,19)(H,17,20)/t12-/m0/s1. The van der Waals surface area contributed by atoms with Crippen LogP contribution in [-0.2, 0) is 9.59 Å². The first-order chi connectivity index (χ1) is 9.58. The predicted octanol–water partition coefficient (Wildman–Crippen LogP) is 1.75. The van der Waals surface area contributed by atoms with Crippen molar-refractivity contribution in [3.63, 3.8) is 0 Å². The van der Waals surface area contributed by atoms with Crippen molar-refractivity contribution in [2.24, 2.45) is 0 Å². The Hall–Kier alpha value is -2.04. The third kappa shape index (κ3) is 3.50. The highest BCUT2D eigenvalue weighted by molar-refractivity contribution is 5.99. The van der Waals surface area contributed by atoms with E-state index in [1.165, 1.54) is 0 Å². The zero-order chi connectivity index (χ0) is 14.5. The lowest BCUT2D eigenvalue weighted by molar-refractivity contribution is -0.125. The quantitative estimate of drug-likeness (QED) is 0.883. The fraction of sp³-hybridized carbons (Fsp3) is 0.467.